The van der Waals surface area contributed by atoms with Crippen LogP contribution in [0.1, 0.15) is 23.4 Å². The van der Waals surface area contributed by atoms with Crippen LogP contribution < -0.4 is 20.4 Å². The highest BCUT2D eigenvalue weighted by Gasteiger charge is 2.24. The van der Waals surface area contributed by atoms with Crippen molar-refractivity contribution >= 4 is 11.9 Å². The van der Waals surface area contributed by atoms with Gasteiger partial charge in [-0.1, -0.05) is 0 Å². The van der Waals surface area contributed by atoms with Crippen molar-refractivity contribution in [2.45, 2.75) is 18.9 Å². The van der Waals surface area contributed by atoms with E-state index in [4.69, 9.17) is 9.15 Å². The molecule has 1 fully saturated rings. The third kappa shape index (κ3) is 3.53. The van der Waals surface area contributed by atoms with Crippen LogP contribution in [0.2, 0.25) is 0 Å². The molecule has 3 heterocycles. The van der Waals surface area contributed by atoms with E-state index in [1.54, 1.807) is 18.5 Å². The SMILES string of the molecule is COc1coc(C(=O)N[C@@H]2CCCN(c3ncccn3)C2)cc1=O. The van der Waals surface area contributed by atoms with Gasteiger partial charge in [0, 0.05) is 37.6 Å². The molecule has 1 saturated heterocycles. The first-order chi connectivity index (χ1) is 11.7. The summed E-state index contributed by atoms with van der Waals surface area (Å²) in [6.45, 7) is 1.45. The van der Waals surface area contributed by atoms with Gasteiger partial charge in [-0.2, -0.15) is 0 Å². The van der Waals surface area contributed by atoms with Crippen LogP contribution in [-0.4, -0.2) is 42.1 Å². The van der Waals surface area contributed by atoms with E-state index in [0.717, 1.165) is 31.7 Å². The Morgan fingerprint density at radius 1 is 1.42 bits per heavy atom. The zero-order chi connectivity index (χ0) is 16.9. The Kier molecular flexibility index (Phi) is 4.74. The van der Waals surface area contributed by atoms with Gasteiger partial charge in [0.15, 0.2) is 5.76 Å². The molecule has 3 rings (SSSR count). The fraction of sp³-hybridized carbons (Fsp3) is 0.375. The first-order valence-corrected chi connectivity index (χ1v) is 7.67. The van der Waals surface area contributed by atoms with Crippen LogP contribution in [0.5, 0.6) is 5.75 Å². The van der Waals surface area contributed by atoms with Crippen molar-refractivity contribution in [1.29, 1.82) is 0 Å². The minimum atomic E-state index is -0.421. The van der Waals surface area contributed by atoms with Crippen LogP contribution in [0.4, 0.5) is 5.95 Å². The molecule has 126 valence electrons. The zero-order valence-electron chi connectivity index (χ0n) is 13.3. The Morgan fingerprint density at radius 2 is 2.21 bits per heavy atom. The number of anilines is 1. The maximum absolute atomic E-state index is 12.3. The van der Waals surface area contributed by atoms with Crippen LogP contribution in [0.25, 0.3) is 0 Å². The maximum Gasteiger partial charge on any atom is 0.287 e. The highest BCUT2D eigenvalue weighted by atomic mass is 16.5. The molecule has 1 atom stereocenters. The standard InChI is InChI=1S/C16H18N4O4/c1-23-14-10-24-13(8-12(14)21)15(22)19-11-4-2-7-20(9-11)16-17-5-3-6-18-16/h3,5-6,8,10-11H,2,4,7,9H2,1H3,(H,19,22)/t11-/m1/s1. The van der Waals surface area contributed by atoms with E-state index < -0.39 is 11.3 Å². The number of carbonyl (C=O) groups excluding carboxylic acids is 1. The number of hydrogen-bond donors (Lipinski definition) is 1. The molecule has 0 saturated carbocycles. The van der Waals surface area contributed by atoms with Crippen molar-refractivity contribution in [2.24, 2.45) is 0 Å². The summed E-state index contributed by atoms with van der Waals surface area (Å²) in [6.07, 6.45) is 6.28. The van der Waals surface area contributed by atoms with Crippen molar-refractivity contribution < 1.29 is 13.9 Å². The number of hydrogen-bond acceptors (Lipinski definition) is 7. The predicted octanol–water partition coefficient (Wildman–Crippen LogP) is 0.837. The van der Waals surface area contributed by atoms with Gasteiger partial charge in [-0.15, -0.1) is 0 Å². The Hall–Kier alpha value is -2.90. The number of methoxy groups -OCH3 is 1. The number of amides is 1. The topological polar surface area (TPSA) is 97.6 Å². The average molecular weight is 330 g/mol. The van der Waals surface area contributed by atoms with E-state index in [1.807, 2.05) is 4.90 Å². The first-order valence-electron chi connectivity index (χ1n) is 7.67. The van der Waals surface area contributed by atoms with E-state index >= 15 is 0 Å². The Balaban J connectivity index is 1.66. The fourth-order valence-corrected chi connectivity index (χ4v) is 2.65. The third-order valence-corrected chi connectivity index (χ3v) is 3.83. The van der Waals surface area contributed by atoms with Gasteiger partial charge in [-0.05, 0) is 18.9 Å². The smallest absolute Gasteiger partial charge is 0.287 e. The summed E-state index contributed by atoms with van der Waals surface area (Å²) in [4.78, 5) is 34.5. The predicted molar refractivity (Wildman–Crippen MR) is 86.3 cm³/mol. The number of carbonyl (C=O) groups is 1. The normalized spacial score (nSPS) is 17.4. The van der Waals surface area contributed by atoms with Crippen molar-refractivity contribution in [1.82, 2.24) is 15.3 Å². The van der Waals surface area contributed by atoms with Crippen molar-refractivity contribution in [2.75, 3.05) is 25.1 Å². The van der Waals surface area contributed by atoms with E-state index in [0.29, 0.717) is 12.5 Å². The second-order valence-electron chi connectivity index (χ2n) is 5.48. The lowest BCUT2D eigenvalue weighted by molar-refractivity contribution is 0.0901. The number of nitrogens with zero attached hydrogens (tertiary/aromatic N) is 3. The molecular formula is C16H18N4O4. The quantitative estimate of drug-likeness (QED) is 0.887. The molecule has 2 aromatic heterocycles. The van der Waals surface area contributed by atoms with Gasteiger partial charge in [0.25, 0.3) is 5.91 Å². The number of aromatic nitrogens is 2. The summed E-state index contributed by atoms with van der Waals surface area (Å²) in [7, 11) is 1.37. The fourth-order valence-electron chi connectivity index (χ4n) is 2.65. The van der Waals surface area contributed by atoms with E-state index in [-0.39, 0.29) is 17.6 Å². The highest BCUT2D eigenvalue weighted by molar-refractivity contribution is 5.91. The maximum atomic E-state index is 12.3. The minimum absolute atomic E-state index is 0.0334. The van der Waals surface area contributed by atoms with E-state index in [9.17, 15) is 9.59 Å². The Labute approximate surface area is 138 Å². The molecule has 0 radical (unpaired) electrons. The van der Waals surface area contributed by atoms with Crippen molar-refractivity contribution in [3.63, 3.8) is 0 Å². The van der Waals surface area contributed by atoms with Gasteiger partial charge in [0.1, 0.15) is 6.26 Å². The molecule has 24 heavy (non-hydrogen) atoms. The van der Waals surface area contributed by atoms with Gasteiger partial charge < -0.3 is 19.4 Å². The second kappa shape index (κ2) is 7.12. The Bertz CT molecular complexity index is 762. The summed E-state index contributed by atoms with van der Waals surface area (Å²) >= 11 is 0. The lowest BCUT2D eigenvalue weighted by Crippen LogP contribution is -2.48. The van der Waals surface area contributed by atoms with Crippen LogP contribution >= 0.6 is 0 Å². The molecular weight excluding hydrogens is 312 g/mol. The Morgan fingerprint density at radius 3 is 2.92 bits per heavy atom. The molecule has 8 heteroatoms. The van der Waals surface area contributed by atoms with Crippen LogP contribution in [-0.2, 0) is 0 Å². The third-order valence-electron chi connectivity index (χ3n) is 3.83. The summed E-state index contributed by atoms with van der Waals surface area (Å²) < 4.78 is 10.0. The van der Waals surface area contributed by atoms with Crippen LogP contribution in [0, 0.1) is 0 Å². The van der Waals surface area contributed by atoms with Crippen molar-refractivity contribution in [3.05, 3.63) is 46.8 Å². The number of ether oxygens (including phenoxy) is 1. The van der Waals surface area contributed by atoms with Gasteiger partial charge in [-0.25, -0.2) is 9.97 Å². The minimum Gasteiger partial charge on any atom is -0.490 e. The summed E-state index contributed by atoms with van der Waals surface area (Å²) in [5.41, 5.74) is -0.392. The molecule has 0 aromatic carbocycles. The molecule has 0 unspecified atom stereocenters. The van der Waals surface area contributed by atoms with E-state index in [2.05, 4.69) is 15.3 Å². The number of piperidine rings is 1. The molecule has 2 aromatic rings. The lowest BCUT2D eigenvalue weighted by atomic mass is 10.1. The first kappa shape index (κ1) is 16.0. The molecule has 8 nitrogen and oxygen atoms in total. The summed E-state index contributed by atoms with van der Waals surface area (Å²) in [5.74, 6) is 0.258. The highest BCUT2D eigenvalue weighted by Crippen LogP contribution is 2.15. The number of rotatable bonds is 4. The van der Waals surface area contributed by atoms with Gasteiger partial charge in [0.2, 0.25) is 17.1 Å². The van der Waals surface area contributed by atoms with Gasteiger partial charge >= 0.3 is 0 Å². The van der Waals surface area contributed by atoms with Gasteiger partial charge in [0.05, 0.1) is 7.11 Å². The van der Waals surface area contributed by atoms with Gasteiger partial charge in [-0.3, -0.25) is 9.59 Å². The summed E-state index contributed by atoms with van der Waals surface area (Å²) in [5, 5.41) is 2.89. The molecule has 0 aliphatic carbocycles. The molecule has 1 N–H and O–H groups in total. The molecule has 1 aliphatic heterocycles. The second-order valence-corrected chi connectivity index (χ2v) is 5.48. The largest absolute Gasteiger partial charge is 0.490 e. The zero-order valence-corrected chi connectivity index (χ0v) is 13.3. The monoisotopic (exact) mass is 330 g/mol. The average Bonchev–Trinajstić information content (AvgIpc) is 2.62. The van der Waals surface area contributed by atoms with Crippen molar-refractivity contribution in [3.8, 4) is 5.75 Å². The lowest BCUT2D eigenvalue weighted by Gasteiger charge is -2.32. The van der Waals surface area contributed by atoms with Crippen LogP contribution in [0.3, 0.4) is 0 Å². The van der Waals surface area contributed by atoms with Crippen LogP contribution in [0.15, 0.2) is 40.0 Å². The molecule has 1 aliphatic rings. The number of nitrogens with one attached hydrogen (secondary N) is 1. The summed E-state index contributed by atoms with van der Waals surface area (Å²) in [6, 6.07) is 2.83. The molecule has 1 amide bonds. The van der Waals surface area contributed by atoms with E-state index in [1.165, 1.54) is 7.11 Å². The molecule has 0 bridgehead atoms. The molecule has 0 spiro atoms.